The van der Waals surface area contributed by atoms with E-state index in [0.717, 1.165) is 17.1 Å². The van der Waals surface area contributed by atoms with Gasteiger partial charge >= 0.3 is 0 Å². The minimum atomic E-state index is -0.269. The molecule has 1 amide bonds. The predicted octanol–water partition coefficient (Wildman–Crippen LogP) is 2.57. The van der Waals surface area contributed by atoms with Crippen LogP contribution in [0.2, 0.25) is 0 Å². The summed E-state index contributed by atoms with van der Waals surface area (Å²) in [6.45, 7) is 0. The molecule has 2 aromatic heterocycles. The maximum Gasteiger partial charge on any atom is 0.271 e. The van der Waals surface area contributed by atoms with Gasteiger partial charge in [0.25, 0.3) is 5.91 Å². The molecule has 3 aromatic rings. The fraction of sp³-hybridized carbons (Fsp3) is 0.105. The fourth-order valence-corrected chi connectivity index (χ4v) is 2.31. The van der Waals surface area contributed by atoms with Crippen molar-refractivity contribution in [2.45, 2.75) is 0 Å². The van der Waals surface area contributed by atoms with Gasteiger partial charge in [-0.2, -0.15) is 10.2 Å². The molecule has 3 rings (SSSR count). The van der Waals surface area contributed by atoms with Crippen molar-refractivity contribution >= 4 is 24.0 Å². The summed E-state index contributed by atoms with van der Waals surface area (Å²) in [5.41, 5.74) is 8.66. The van der Waals surface area contributed by atoms with Gasteiger partial charge in [0.05, 0.1) is 29.5 Å². The van der Waals surface area contributed by atoms with Crippen LogP contribution in [0.15, 0.2) is 71.1 Å². The smallest absolute Gasteiger partial charge is 0.271 e. The Morgan fingerprint density at radius 3 is 2.00 bits per heavy atom. The first kappa shape index (κ1) is 17.2. The Morgan fingerprint density at radius 1 is 0.885 bits per heavy atom. The first-order valence-electron chi connectivity index (χ1n) is 8.09. The number of nitrogens with one attached hydrogen (secondary N) is 2. The Labute approximate surface area is 151 Å². The Morgan fingerprint density at radius 2 is 1.46 bits per heavy atom. The van der Waals surface area contributed by atoms with E-state index in [0.29, 0.717) is 5.56 Å². The van der Waals surface area contributed by atoms with Crippen molar-refractivity contribution in [3.05, 3.63) is 77.9 Å². The van der Waals surface area contributed by atoms with Gasteiger partial charge in [-0.25, -0.2) is 5.43 Å². The van der Waals surface area contributed by atoms with Crippen LogP contribution in [0.5, 0.6) is 0 Å². The van der Waals surface area contributed by atoms with Crippen LogP contribution in [0.25, 0.3) is 0 Å². The minimum Gasteiger partial charge on any atom is -0.350 e. The van der Waals surface area contributed by atoms with Gasteiger partial charge in [-0.05, 0) is 48.5 Å². The molecule has 0 unspecified atom stereocenters. The van der Waals surface area contributed by atoms with E-state index in [9.17, 15) is 4.79 Å². The molecule has 1 aromatic carbocycles. The van der Waals surface area contributed by atoms with Gasteiger partial charge in [-0.1, -0.05) is 0 Å². The minimum absolute atomic E-state index is 0.269. The number of hydrogen-bond donors (Lipinski definition) is 2. The molecular formula is C19H20N6O. The lowest BCUT2D eigenvalue weighted by Gasteiger charge is -2.03. The third-order valence-corrected chi connectivity index (χ3v) is 3.87. The van der Waals surface area contributed by atoms with Crippen LogP contribution in [-0.4, -0.2) is 27.5 Å². The van der Waals surface area contributed by atoms with Crippen LogP contribution in [0.4, 0.5) is 5.69 Å². The number of aromatic nitrogens is 2. The van der Waals surface area contributed by atoms with E-state index >= 15 is 0 Å². The summed E-state index contributed by atoms with van der Waals surface area (Å²) in [5, 5.41) is 8.16. The molecule has 2 N–H and O–H groups in total. The Balaban J connectivity index is 1.54. The molecule has 2 heterocycles. The number of anilines is 1. The topological polar surface area (TPSA) is 75.7 Å². The number of carbonyl (C=O) groups excluding carboxylic acids is 1. The van der Waals surface area contributed by atoms with Crippen molar-refractivity contribution in [1.29, 1.82) is 0 Å². The van der Waals surface area contributed by atoms with E-state index in [1.807, 2.05) is 59.9 Å². The number of benzene rings is 1. The van der Waals surface area contributed by atoms with Crippen molar-refractivity contribution in [1.82, 2.24) is 14.6 Å². The molecule has 0 aliphatic heterocycles. The molecule has 0 radical (unpaired) electrons. The highest BCUT2D eigenvalue weighted by Crippen LogP contribution is 2.09. The summed E-state index contributed by atoms with van der Waals surface area (Å²) in [6.07, 6.45) is 7.20. The monoisotopic (exact) mass is 348 g/mol. The van der Waals surface area contributed by atoms with E-state index < -0.39 is 0 Å². The highest BCUT2D eigenvalue weighted by molar-refractivity contribution is 5.95. The predicted molar refractivity (Wildman–Crippen MR) is 104 cm³/mol. The van der Waals surface area contributed by atoms with Crippen molar-refractivity contribution in [3.8, 4) is 0 Å². The van der Waals surface area contributed by atoms with E-state index in [4.69, 9.17) is 0 Å². The second-order valence-electron chi connectivity index (χ2n) is 5.73. The number of aryl methyl sites for hydroxylation is 2. The van der Waals surface area contributed by atoms with Crippen LogP contribution in [0.3, 0.4) is 0 Å². The van der Waals surface area contributed by atoms with Gasteiger partial charge in [0.15, 0.2) is 0 Å². The second-order valence-corrected chi connectivity index (χ2v) is 5.73. The molecular weight excluding hydrogens is 328 g/mol. The molecule has 0 saturated heterocycles. The lowest BCUT2D eigenvalue weighted by molar-refractivity contribution is 0.0955. The molecule has 0 spiro atoms. The highest BCUT2D eigenvalue weighted by Gasteiger charge is 2.03. The molecule has 7 nitrogen and oxygen atoms in total. The van der Waals surface area contributed by atoms with Gasteiger partial charge < -0.3 is 9.13 Å². The summed E-state index contributed by atoms with van der Waals surface area (Å²) in [7, 11) is 3.87. The molecule has 0 saturated carbocycles. The molecule has 0 aliphatic carbocycles. The van der Waals surface area contributed by atoms with Gasteiger partial charge in [-0.15, -0.1) is 0 Å². The average molecular weight is 348 g/mol. The van der Waals surface area contributed by atoms with Gasteiger partial charge in [0.2, 0.25) is 0 Å². The van der Waals surface area contributed by atoms with Crippen molar-refractivity contribution < 1.29 is 4.79 Å². The average Bonchev–Trinajstić information content (AvgIpc) is 3.24. The summed E-state index contributed by atoms with van der Waals surface area (Å²) in [6, 6.07) is 14.8. The largest absolute Gasteiger partial charge is 0.350 e. The maximum atomic E-state index is 12.1. The van der Waals surface area contributed by atoms with Crippen LogP contribution in [0, 0.1) is 0 Å². The SMILES string of the molecule is Cn1cccc1/C=N/NC(=O)c1ccc(N/N=C/c2cccn2C)cc1. The first-order valence-corrected chi connectivity index (χ1v) is 8.09. The summed E-state index contributed by atoms with van der Waals surface area (Å²) in [5.74, 6) is -0.269. The Bertz CT molecular complexity index is 933. The van der Waals surface area contributed by atoms with Gasteiger partial charge in [-0.3, -0.25) is 10.2 Å². The summed E-state index contributed by atoms with van der Waals surface area (Å²) >= 11 is 0. The second kappa shape index (κ2) is 7.98. The van der Waals surface area contributed by atoms with Crippen LogP contribution >= 0.6 is 0 Å². The summed E-state index contributed by atoms with van der Waals surface area (Å²) < 4.78 is 3.88. The number of rotatable bonds is 6. The highest BCUT2D eigenvalue weighted by atomic mass is 16.2. The maximum absolute atomic E-state index is 12.1. The number of hydrazone groups is 2. The van der Waals surface area contributed by atoms with E-state index in [1.165, 1.54) is 0 Å². The van der Waals surface area contributed by atoms with Crippen LogP contribution in [0.1, 0.15) is 21.7 Å². The van der Waals surface area contributed by atoms with Crippen LogP contribution < -0.4 is 10.9 Å². The number of carbonyl (C=O) groups is 1. The summed E-state index contributed by atoms with van der Waals surface area (Å²) in [4.78, 5) is 12.1. The standard InChI is InChI=1S/C19H20N6O/c1-24-11-3-5-17(24)13-20-22-16-9-7-15(8-10-16)19(26)23-21-14-18-6-4-12-25(18)2/h3-14,22H,1-2H3,(H,23,26)/b20-13+,21-14+. The van der Waals surface area contributed by atoms with Crippen LogP contribution in [-0.2, 0) is 14.1 Å². The molecule has 132 valence electrons. The zero-order valence-corrected chi connectivity index (χ0v) is 14.6. The third-order valence-electron chi connectivity index (χ3n) is 3.87. The number of amides is 1. The zero-order chi connectivity index (χ0) is 18.4. The molecule has 7 heteroatoms. The quantitative estimate of drug-likeness (QED) is 0.531. The van der Waals surface area contributed by atoms with E-state index in [2.05, 4.69) is 21.1 Å². The van der Waals surface area contributed by atoms with Crippen molar-refractivity contribution in [2.75, 3.05) is 5.43 Å². The zero-order valence-electron chi connectivity index (χ0n) is 14.6. The lowest BCUT2D eigenvalue weighted by atomic mass is 10.2. The van der Waals surface area contributed by atoms with Gasteiger partial charge in [0.1, 0.15) is 0 Å². The lowest BCUT2D eigenvalue weighted by Crippen LogP contribution is -2.17. The normalized spacial score (nSPS) is 11.3. The van der Waals surface area contributed by atoms with Gasteiger partial charge in [0, 0.05) is 32.1 Å². The Kier molecular flexibility index (Phi) is 5.28. The Hall–Kier alpha value is -3.61. The number of nitrogens with zero attached hydrogens (tertiary/aromatic N) is 4. The molecule has 26 heavy (non-hydrogen) atoms. The third kappa shape index (κ3) is 4.27. The first-order chi connectivity index (χ1) is 12.6. The van der Waals surface area contributed by atoms with E-state index in [-0.39, 0.29) is 5.91 Å². The molecule has 0 atom stereocenters. The van der Waals surface area contributed by atoms with Crippen molar-refractivity contribution in [2.24, 2.45) is 24.3 Å². The molecule has 0 fully saturated rings. The van der Waals surface area contributed by atoms with E-state index in [1.54, 1.807) is 36.7 Å². The number of hydrogen-bond acceptors (Lipinski definition) is 4. The molecule has 0 aliphatic rings. The fourth-order valence-electron chi connectivity index (χ4n) is 2.31. The van der Waals surface area contributed by atoms with Crippen molar-refractivity contribution in [3.63, 3.8) is 0 Å². The molecule has 0 bridgehead atoms.